The molecule has 1 aliphatic heterocycles. The van der Waals surface area contributed by atoms with E-state index in [0.29, 0.717) is 41.1 Å². The molecule has 0 atom stereocenters. The van der Waals surface area contributed by atoms with Crippen LogP contribution in [0.5, 0.6) is 11.5 Å². The molecule has 146 valence electrons. The van der Waals surface area contributed by atoms with E-state index in [4.69, 9.17) is 23.4 Å². The molecule has 28 heavy (non-hydrogen) atoms. The normalized spacial score (nSPS) is 13.4. The smallest absolute Gasteiger partial charge is 0.298 e. The zero-order valence-electron chi connectivity index (χ0n) is 15.3. The van der Waals surface area contributed by atoms with Gasteiger partial charge in [-0.05, 0) is 24.3 Å². The average Bonchev–Trinajstić information content (AvgIpc) is 3.41. The second-order valence-corrected chi connectivity index (χ2v) is 6.79. The number of methoxy groups -OCH3 is 2. The van der Waals surface area contributed by atoms with Crippen LogP contribution in [0, 0.1) is 0 Å². The van der Waals surface area contributed by atoms with Crippen molar-refractivity contribution < 1.29 is 28.2 Å². The van der Waals surface area contributed by atoms with Gasteiger partial charge < -0.3 is 23.4 Å². The number of carbonyl (C=O) groups is 1. The van der Waals surface area contributed by atoms with Crippen molar-refractivity contribution in [2.45, 2.75) is 6.54 Å². The first kappa shape index (κ1) is 18.2. The first-order valence-corrected chi connectivity index (χ1v) is 9.33. The molecule has 0 saturated carbocycles. The summed E-state index contributed by atoms with van der Waals surface area (Å²) >= 11 is 1.32. The summed E-state index contributed by atoms with van der Waals surface area (Å²) in [6.45, 7) is 0.912. The van der Waals surface area contributed by atoms with Crippen LogP contribution in [0.1, 0.15) is 5.76 Å². The summed E-state index contributed by atoms with van der Waals surface area (Å²) in [7, 11) is 3.16. The third-order valence-corrected chi connectivity index (χ3v) is 5.22. The molecule has 0 aliphatic carbocycles. The molecule has 0 bridgehead atoms. The third-order valence-electron chi connectivity index (χ3n) is 4.13. The highest BCUT2D eigenvalue weighted by atomic mass is 32.1. The molecule has 1 aromatic carbocycles. The molecule has 0 saturated heterocycles. The molecule has 0 radical (unpaired) electrons. The Kier molecular flexibility index (Phi) is 5.07. The predicted molar refractivity (Wildman–Crippen MR) is 103 cm³/mol. The van der Waals surface area contributed by atoms with Crippen LogP contribution < -0.4 is 14.4 Å². The molecule has 4 rings (SSSR count). The Balaban J connectivity index is 1.79. The Morgan fingerprint density at radius 1 is 1.21 bits per heavy atom. The molecular weight excluding hydrogens is 384 g/mol. The first-order chi connectivity index (χ1) is 13.7. The number of anilines is 1. The molecule has 0 fully saturated rings. The number of carbonyl (C=O) groups excluding carboxylic acids is 1. The Labute approximate surface area is 164 Å². The van der Waals surface area contributed by atoms with Crippen molar-refractivity contribution in [3.8, 4) is 11.5 Å². The number of hydrogen-bond donors (Lipinski definition) is 0. The van der Waals surface area contributed by atoms with Gasteiger partial charge in [-0.2, -0.15) is 0 Å². The number of rotatable bonds is 6. The van der Waals surface area contributed by atoms with E-state index >= 15 is 0 Å². The largest absolute Gasteiger partial charge is 0.495 e. The van der Waals surface area contributed by atoms with Gasteiger partial charge in [-0.1, -0.05) is 11.3 Å². The van der Waals surface area contributed by atoms with Crippen LogP contribution in [0.15, 0.2) is 47.0 Å². The maximum absolute atomic E-state index is 13.1. The fourth-order valence-electron chi connectivity index (χ4n) is 2.79. The Bertz CT molecular complexity index is 970. The maximum Gasteiger partial charge on any atom is 0.298 e. The van der Waals surface area contributed by atoms with Crippen molar-refractivity contribution >= 4 is 32.6 Å². The van der Waals surface area contributed by atoms with E-state index < -0.39 is 0 Å². The number of benzene rings is 1. The molecule has 3 heterocycles. The minimum atomic E-state index is -0.368. The van der Waals surface area contributed by atoms with Gasteiger partial charge in [0.2, 0.25) is 5.76 Å². The van der Waals surface area contributed by atoms with Crippen LogP contribution >= 0.6 is 11.3 Å². The van der Waals surface area contributed by atoms with Gasteiger partial charge in [0, 0.05) is 0 Å². The summed E-state index contributed by atoms with van der Waals surface area (Å²) in [4.78, 5) is 19.3. The lowest BCUT2D eigenvalue weighted by molar-refractivity contribution is -0.120. The highest BCUT2D eigenvalue weighted by Crippen LogP contribution is 2.40. The fraction of sp³-hybridized carbons (Fsp3) is 0.263. The van der Waals surface area contributed by atoms with Gasteiger partial charge in [-0.15, -0.1) is 0 Å². The van der Waals surface area contributed by atoms with E-state index in [1.54, 1.807) is 38.7 Å². The van der Waals surface area contributed by atoms with Gasteiger partial charge in [0.25, 0.3) is 5.91 Å². The highest BCUT2D eigenvalue weighted by molar-refractivity contribution is 7.22. The van der Waals surface area contributed by atoms with Crippen LogP contribution in [0.25, 0.3) is 10.2 Å². The van der Waals surface area contributed by atoms with E-state index in [1.807, 2.05) is 6.07 Å². The molecule has 2 aromatic heterocycles. The van der Waals surface area contributed by atoms with Gasteiger partial charge >= 0.3 is 0 Å². The number of aromatic nitrogens is 1. The lowest BCUT2D eigenvalue weighted by atomic mass is 10.3. The molecular formula is C19H18N2O6S. The van der Waals surface area contributed by atoms with Crippen LogP contribution in [0.2, 0.25) is 0 Å². The number of nitrogens with zero attached hydrogens (tertiary/aromatic N) is 2. The lowest BCUT2D eigenvalue weighted by Gasteiger charge is -2.22. The van der Waals surface area contributed by atoms with Crippen molar-refractivity contribution in [1.29, 1.82) is 0 Å². The second-order valence-electron chi connectivity index (χ2n) is 5.82. The molecule has 0 N–H and O–H groups in total. The number of furan rings is 1. The SMILES string of the molecule is COc1ccc(OC)c2sc(N(Cc3ccco3)C(=O)C3=COCCO3)nc12. The quantitative estimate of drug-likeness (QED) is 0.625. The summed E-state index contributed by atoms with van der Waals surface area (Å²) in [6.07, 6.45) is 2.89. The third kappa shape index (κ3) is 3.36. The zero-order valence-corrected chi connectivity index (χ0v) is 16.2. The van der Waals surface area contributed by atoms with E-state index in [0.717, 1.165) is 4.70 Å². The van der Waals surface area contributed by atoms with Crippen molar-refractivity contribution in [3.05, 3.63) is 48.3 Å². The van der Waals surface area contributed by atoms with Gasteiger partial charge in [-0.25, -0.2) is 4.98 Å². The number of amides is 1. The monoisotopic (exact) mass is 402 g/mol. The van der Waals surface area contributed by atoms with Crippen LogP contribution in [-0.2, 0) is 20.8 Å². The standard InChI is InChI=1S/C19H18N2O6S/c1-23-13-5-6-14(24-2)17-16(13)20-19(28-17)21(10-12-4-3-7-26-12)18(22)15-11-25-8-9-27-15/h3-7,11H,8-10H2,1-2H3. The fourth-order valence-corrected chi connectivity index (χ4v) is 3.86. The second kappa shape index (κ2) is 7.81. The Morgan fingerprint density at radius 2 is 2.04 bits per heavy atom. The maximum atomic E-state index is 13.1. The molecule has 3 aromatic rings. The van der Waals surface area contributed by atoms with E-state index in [-0.39, 0.29) is 18.2 Å². The first-order valence-electron chi connectivity index (χ1n) is 8.51. The number of thiazole rings is 1. The van der Waals surface area contributed by atoms with Crippen molar-refractivity contribution in [2.75, 3.05) is 32.3 Å². The average molecular weight is 402 g/mol. The number of ether oxygens (including phenoxy) is 4. The van der Waals surface area contributed by atoms with E-state index in [9.17, 15) is 4.79 Å². The molecule has 0 spiro atoms. The van der Waals surface area contributed by atoms with Crippen LogP contribution in [-0.4, -0.2) is 38.3 Å². The minimum absolute atomic E-state index is 0.121. The molecule has 1 aliphatic rings. The van der Waals surface area contributed by atoms with E-state index in [1.165, 1.54) is 22.5 Å². The van der Waals surface area contributed by atoms with Gasteiger partial charge in [0.1, 0.15) is 47.0 Å². The summed E-state index contributed by atoms with van der Waals surface area (Å²) in [5.74, 6) is 1.62. The zero-order chi connectivity index (χ0) is 19.5. The van der Waals surface area contributed by atoms with Crippen molar-refractivity contribution in [3.63, 3.8) is 0 Å². The predicted octanol–water partition coefficient (Wildman–Crippen LogP) is 3.33. The van der Waals surface area contributed by atoms with Crippen LogP contribution in [0.4, 0.5) is 5.13 Å². The number of fused-ring (bicyclic) bond motifs is 1. The number of hydrogen-bond acceptors (Lipinski definition) is 8. The summed E-state index contributed by atoms with van der Waals surface area (Å²) in [5.41, 5.74) is 0.619. The molecule has 8 nitrogen and oxygen atoms in total. The van der Waals surface area contributed by atoms with Gasteiger partial charge in [0.05, 0.1) is 27.0 Å². The summed E-state index contributed by atoms with van der Waals surface area (Å²) in [5, 5.41) is 0.467. The molecule has 1 amide bonds. The van der Waals surface area contributed by atoms with Crippen molar-refractivity contribution in [1.82, 2.24) is 4.98 Å². The molecule has 0 unspecified atom stereocenters. The molecule has 9 heteroatoms. The van der Waals surface area contributed by atoms with Gasteiger partial charge in [0.15, 0.2) is 5.13 Å². The van der Waals surface area contributed by atoms with Gasteiger partial charge in [-0.3, -0.25) is 9.69 Å². The lowest BCUT2D eigenvalue weighted by Crippen LogP contribution is -2.33. The Hall–Kier alpha value is -3.20. The topological polar surface area (TPSA) is 83.3 Å². The van der Waals surface area contributed by atoms with Crippen molar-refractivity contribution in [2.24, 2.45) is 0 Å². The Morgan fingerprint density at radius 3 is 2.71 bits per heavy atom. The summed E-state index contributed by atoms with van der Waals surface area (Å²) in [6, 6.07) is 7.15. The van der Waals surface area contributed by atoms with Crippen LogP contribution in [0.3, 0.4) is 0 Å². The highest BCUT2D eigenvalue weighted by Gasteiger charge is 2.28. The minimum Gasteiger partial charge on any atom is -0.495 e. The summed E-state index contributed by atoms with van der Waals surface area (Å²) < 4.78 is 27.8. The van der Waals surface area contributed by atoms with E-state index in [2.05, 4.69) is 4.98 Å².